The number of aromatic nitrogens is 3. The normalized spacial score (nSPS) is 11.5. The molecule has 0 radical (unpaired) electrons. The van der Waals surface area contributed by atoms with E-state index in [0.29, 0.717) is 23.1 Å². The van der Waals surface area contributed by atoms with Gasteiger partial charge in [0, 0.05) is 24.7 Å². The molecule has 1 atom stereocenters. The molecule has 0 saturated carbocycles. The van der Waals surface area contributed by atoms with Gasteiger partial charge in [-0.25, -0.2) is 14.8 Å². The van der Waals surface area contributed by atoms with Crippen LogP contribution in [0, 0.1) is 0 Å². The zero-order valence-corrected chi connectivity index (χ0v) is 21.1. The topological polar surface area (TPSA) is 176 Å². The number of nitrogens with zero attached hydrogens (tertiary/aromatic N) is 4. The molecule has 12 nitrogen and oxygen atoms in total. The Labute approximate surface area is 214 Å². The first kappa shape index (κ1) is 27.1. The molecule has 0 fully saturated rings. The monoisotopic (exact) mass is 509 g/mol. The van der Waals surface area contributed by atoms with E-state index in [1.165, 1.54) is 0 Å². The molecule has 0 bridgehead atoms. The fourth-order valence-electron chi connectivity index (χ4n) is 3.61. The van der Waals surface area contributed by atoms with Crippen LogP contribution in [0.2, 0.25) is 0 Å². The van der Waals surface area contributed by atoms with E-state index in [1.54, 1.807) is 44.2 Å². The van der Waals surface area contributed by atoms with Crippen LogP contribution in [-0.4, -0.2) is 59.1 Å². The van der Waals surface area contributed by atoms with Gasteiger partial charge in [0.2, 0.25) is 5.95 Å². The van der Waals surface area contributed by atoms with Crippen molar-refractivity contribution < 1.29 is 23.9 Å². The number of ether oxygens (including phenoxy) is 2. The van der Waals surface area contributed by atoms with Crippen LogP contribution in [-0.2, 0) is 25.6 Å². The van der Waals surface area contributed by atoms with Crippen LogP contribution in [0.3, 0.4) is 0 Å². The summed E-state index contributed by atoms with van der Waals surface area (Å²) in [5.41, 5.74) is 14.6. The molecule has 0 saturated heterocycles. The first-order chi connectivity index (χ1) is 17.7. The number of benzene rings is 1. The minimum Gasteiger partial charge on any atom is -0.466 e. The molecule has 1 amide bonds. The number of hydrogen-bond donors (Lipinski definition) is 3. The Hall–Kier alpha value is -4.48. The van der Waals surface area contributed by atoms with Gasteiger partial charge in [-0.15, -0.1) is 0 Å². The average Bonchev–Trinajstić information content (AvgIpc) is 2.87. The van der Waals surface area contributed by atoms with Gasteiger partial charge >= 0.3 is 11.9 Å². The largest absolute Gasteiger partial charge is 0.466 e. The van der Waals surface area contributed by atoms with E-state index in [0.717, 1.165) is 11.4 Å². The molecule has 2 heterocycles. The molecule has 37 heavy (non-hydrogen) atoms. The molecule has 12 heteroatoms. The van der Waals surface area contributed by atoms with E-state index in [-0.39, 0.29) is 37.8 Å². The lowest BCUT2D eigenvalue weighted by Crippen LogP contribution is -2.42. The van der Waals surface area contributed by atoms with Crippen LogP contribution in [0.1, 0.15) is 42.7 Å². The molecule has 0 aliphatic carbocycles. The number of esters is 2. The number of carbonyl (C=O) groups is 3. The molecule has 0 unspecified atom stereocenters. The predicted molar refractivity (Wildman–Crippen MR) is 138 cm³/mol. The standard InChI is InChI=1S/C25H31N7O5/c1-4-36-20(33)13-12-19(24(35)37-5-2)29-23(34)15-6-9-17(10-7-15)32(3)14-16-8-11-18-21(28-16)22(26)31-25(27)30-18/h6-11,19H,4-5,12-14H2,1-3H3,(H,29,34)(H4,26,27,30,31)/t19-/m0/s1. The van der Waals surface area contributed by atoms with Crippen molar-refractivity contribution in [3.63, 3.8) is 0 Å². The first-order valence-electron chi connectivity index (χ1n) is 11.8. The van der Waals surface area contributed by atoms with Crippen molar-refractivity contribution in [1.82, 2.24) is 20.3 Å². The van der Waals surface area contributed by atoms with Gasteiger partial charge in [-0.1, -0.05) is 0 Å². The van der Waals surface area contributed by atoms with Crippen LogP contribution >= 0.6 is 0 Å². The quantitative estimate of drug-likeness (QED) is 0.321. The van der Waals surface area contributed by atoms with E-state index in [4.69, 9.17) is 20.9 Å². The molecule has 0 spiro atoms. The van der Waals surface area contributed by atoms with Crippen LogP contribution in [0.25, 0.3) is 11.0 Å². The van der Waals surface area contributed by atoms with Crippen molar-refractivity contribution in [2.45, 2.75) is 39.3 Å². The minimum absolute atomic E-state index is 0.0186. The Kier molecular flexibility index (Phi) is 9.14. The summed E-state index contributed by atoms with van der Waals surface area (Å²) < 4.78 is 9.94. The van der Waals surface area contributed by atoms with Gasteiger partial charge in [0.1, 0.15) is 11.6 Å². The number of carbonyl (C=O) groups excluding carboxylic acids is 3. The highest BCUT2D eigenvalue weighted by atomic mass is 16.5. The third kappa shape index (κ3) is 7.26. The number of amides is 1. The number of nitrogens with one attached hydrogen (secondary N) is 1. The van der Waals surface area contributed by atoms with E-state index in [1.807, 2.05) is 18.0 Å². The fraction of sp³-hybridized carbons (Fsp3) is 0.360. The molecule has 3 aromatic rings. The van der Waals surface area contributed by atoms with Gasteiger partial charge in [-0.05, 0) is 56.7 Å². The molecule has 0 aliphatic rings. The van der Waals surface area contributed by atoms with Gasteiger partial charge in [0.25, 0.3) is 5.91 Å². The van der Waals surface area contributed by atoms with Gasteiger partial charge in [0.05, 0.1) is 31.0 Å². The van der Waals surface area contributed by atoms with Crippen LogP contribution in [0.5, 0.6) is 0 Å². The summed E-state index contributed by atoms with van der Waals surface area (Å²) in [6.45, 7) is 4.23. The third-order valence-corrected chi connectivity index (χ3v) is 5.43. The maximum atomic E-state index is 12.8. The number of nitrogens with two attached hydrogens (primary N) is 2. The Morgan fingerprint density at radius 3 is 2.35 bits per heavy atom. The summed E-state index contributed by atoms with van der Waals surface area (Å²) in [5.74, 6) is -1.20. The highest BCUT2D eigenvalue weighted by Gasteiger charge is 2.24. The molecule has 5 N–H and O–H groups in total. The zero-order chi connectivity index (χ0) is 26.9. The van der Waals surface area contributed by atoms with E-state index < -0.39 is 23.9 Å². The third-order valence-electron chi connectivity index (χ3n) is 5.43. The van der Waals surface area contributed by atoms with E-state index in [2.05, 4.69) is 20.3 Å². The van der Waals surface area contributed by atoms with Crippen molar-refractivity contribution in [2.75, 3.05) is 36.6 Å². The molecule has 1 aromatic carbocycles. The van der Waals surface area contributed by atoms with Crippen LogP contribution in [0.4, 0.5) is 17.5 Å². The van der Waals surface area contributed by atoms with Crippen LogP contribution < -0.4 is 21.7 Å². The highest BCUT2D eigenvalue weighted by molar-refractivity contribution is 5.97. The summed E-state index contributed by atoms with van der Waals surface area (Å²) in [5, 5.41) is 2.65. The SMILES string of the molecule is CCOC(=O)CC[C@H](NC(=O)c1ccc(N(C)Cc2ccc3nc(N)nc(N)c3n2)cc1)C(=O)OCC. The Morgan fingerprint density at radius 1 is 0.973 bits per heavy atom. The number of pyridine rings is 1. The number of nitrogen functional groups attached to an aromatic ring is 2. The van der Waals surface area contributed by atoms with Gasteiger partial charge in [-0.2, -0.15) is 4.98 Å². The van der Waals surface area contributed by atoms with Crippen molar-refractivity contribution in [1.29, 1.82) is 0 Å². The molecule has 2 aromatic heterocycles. The second kappa shape index (κ2) is 12.5. The minimum atomic E-state index is -0.968. The fourth-order valence-corrected chi connectivity index (χ4v) is 3.61. The van der Waals surface area contributed by atoms with Crippen molar-refractivity contribution >= 4 is 46.3 Å². The summed E-state index contributed by atoms with van der Waals surface area (Å²) in [6.07, 6.45) is 0.0560. The van der Waals surface area contributed by atoms with E-state index in [9.17, 15) is 14.4 Å². The predicted octanol–water partition coefficient (Wildman–Crippen LogP) is 1.83. The Bertz CT molecular complexity index is 1270. The second-order valence-corrected chi connectivity index (χ2v) is 8.16. The number of fused-ring (bicyclic) bond motifs is 1. The average molecular weight is 510 g/mol. The maximum Gasteiger partial charge on any atom is 0.328 e. The van der Waals surface area contributed by atoms with Crippen LogP contribution in [0.15, 0.2) is 36.4 Å². The summed E-state index contributed by atoms with van der Waals surface area (Å²) in [7, 11) is 1.88. The first-order valence-corrected chi connectivity index (χ1v) is 11.8. The smallest absolute Gasteiger partial charge is 0.328 e. The maximum absolute atomic E-state index is 12.8. The van der Waals surface area contributed by atoms with Crippen molar-refractivity contribution in [2.24, 2.45) is 0 Å². The zero-order valence-electron chi connectivity index (χ0n) is 21.1. The second-order valence-electron chi connectivity index (χ2n) is 8.16. The van der Waals surface area contributed by atoms with Gasteiger partial charge < -0.3 is 31.2 Å². The number of anilines is 3. The highest BCUT2D eigenvalue weighted by Crippen LogP contribution is 2.20. The lowest BCUT2D eigenvalue weighted by molar-refractivity contribution is -0.146. The lowest BCUT2D eigenvalue weighted by Gasteiger charge is -2.20. The number of hydrogen-bond acceptors (Lipinski definition) is 11. The molecule has 0 aliphatic heterocycles. The molecular weight excluding hydrogens is 478 g/mol. The van der Waals surface area contributed by atoms with Gasteiger partial charge in [-0.3, -0.25) is 9.59 Å². The summed E-state index contributed by atoms with van der Waals surface area (Å²) >= 11 is 0. The van der Waals surface area contributed by atoms with Crippen molar-refractivity contribution in [3.8, 4) is 0 Å². The molecular formula is C25H31N7O5. The summed E-state index contributed by atoms with van der Waals surface area (Å²) in [4.78, 5) is 51.4. The lowest BCUT2D eigenvalue weighted by atomic mass is 10.1. The Morgan fingerprint density at radius 2 is 1.68 bits per heavy atom. The molecule has 196 valence electrons. The van der Waals surface area contributed by atoms with Crippen molar-refractivity contribution in [3.05, 3.63) is 47.7 Å². The summed E-state index contributed by atoms with van der Waals surface area (Å²) in [6, 6.07) is 9.52. The van der Waals surface area contributed by atoms with Gasteiger partial charge in [0.15, 0.2) is 5.82 Å². The molecule has 3 rings (SSSR count). The Balaban J connectivity index is 1.66. The number of rotatable bonds is 11. The van der Waals surface area contributed by atoms with E-state index >= 15 is 0 Å².